The standard InChI is InChI=1S/C15H20F3NO/c1-2-14(20)11-5-7-13(8-6-11)19-9-3-4-12(10-19)15(16,17)18/h5-8,12,14,20H,2-4,9-10H2,1H3. The quantitative estimate of drug-likeness (QED) is 0.911. The van der Waals surface area contributed by atoms with Gasteiger partial charge < -0.3 is 10.0 Å². The highest BCUT2D eigenvalue weighted by Gasteiger charge is 2.41. The number of aliphatic hydroxyl groups excluding tert-OH is 1. The number of anilines is 1. The third-order valence-electron chi connectivity index (χ3n) is 3.91. The van der Waals surface area contributed by atoms with Gasteiger partial charge in [0.25, 0.3) is 0 Å². The van der Waals surface area contributed by atoms with E-state index < -0.39 is 18.2 Å². The van der Waals surface area contributed by atoms with Crippen LogP contribution in [0.1, 0.15) is 37.9 Å². The van der Waals surface area contributed by atoms with E-state index >= 15 is 0 Å². The van der Waals surface area contributed by atoms with Gasteiger partial charge in [0, 0.05) is 18.8 Å². The van der Waals surface area contributed by atoms with Crippen LogP contribution in [0.5, 0.6) is 0 Å². The third-order valence-corrected chi connectivity index (χ3v) is 3.91. The lowest BCUT2D eigenvalue weighted by molar-refractivity contribution is -0.175. The van der Waals surface area contributed by atoms with E-state index in [4.69, 9.17) is 0 Å². The molecule has 1 heterocycles. The number of hydrogen-bond acceptors (Lipinski definition) is 2. The molecule has 2 atom stereocenters. The molecule has 1 aliphatic heterocycles. The van der Waals surface area contributed by atoms with Gasteiger partial charge in [0.15, 0.2) is 0 Å². The highest BCUT2D eigenvalue weighted by Crippen LogP contribution is 2.35. The van der Waals surface area contributed by atoms with Gasteiger partial charge in [0.1, 0.15) is 0 Å². The molecule has 2 nitrogen and oxygen atoms in total. The molecule has 1 aliphatic rings. The Bertz CT molecular complexity index is 430. The fourth-order valence-corrected chi connectivity index (χ4v) is 2.62. The fraction of sp³-hybridized carbons (Fsp3) is 0.600. The van der Waals surface area contributed by atoms with Crippen molar-refractivity contribution in [1.82, 2.24) is 0 Å². The molecule has 2 unspecified atom stereocenters. The topological polar surface area (TPSA) is 23.5 Å². The minimum Gasteiger partial charge on any atom is -0.388 e. The Hall–Kier alpha value is -1.23. The molecule has 0 radical (unpaired) electrons. The van der Waals surface area contributed by atoms with Crippen LogP contribution in [0.15, 0.2) is 24.3 Å². The normalized spacial score (nSPS) is 21.9. The molecule has 0 aromatic heterocycles. The number of halogens is 3. The zero-order valence-electron chi connectivity index (χ0n) is 11.5. The molecule has 0 aliphatic carbocycles. The van der Waals surface area contributed by atoms with Crippen molar-refractivity contribution in [2.45, 2.75) is 38.5 Å². The zero-order valence-corrected chi connectivity index (χ0v) is 11.5. The molecule has 1 fully saturated rings. The van der Waals surface area contributed by atoms with E-state index in [1.54, 1.807) is 29.2 Å². The third kappa shape index (κ3) is 3.45. The number of benzene rings is 1. The first-order chi connectivity index (χ1) is 9.41. The lowest BCUT2D eigenvalue weighted by Gasteiger charge is -2.35. The van der Waals surface area contributed by atoms with E-state index in [9.17, 15) is 18.3 Å². The monoisotopic (exact) mass is 287 g/mol. The Morgan fingerprint density at radius 3 is 2.50 bits per heavy atom. The van der Waals surface area contributed by atoms with Crippen LogP contribution < -0.4 is 4.90 Å². The van der Waals surface area contributed by atoms with Gasteiger partial charge in [0.2, 0.25) is 0 Å². The first kappa shape index (κ1) is 15.2. The van der Waals surface area contributed by atoms with Crippen molar-refractivity contribution in [3.63, 3.8) is 0 Å². The van der Waals surface area contributed by atoms with E-state index in [2.05, 4.69) is 0 Å². The molecule has 0 spiro atoms. The predicted molar refractivity (Wildman–Crippen MR) is 72.7 cm³/mol. The molecule has 1 aromatic rings. The van der Waals surface area contributed by atoms with Crippen molar-refractivity contribution < 1.29 is 18.3 Å². The van der Waals surface area contributed by atoms with E-state index in [1.165, 1.54) is 0 Å². The highest BCUT2D eigenvalue weighted by molar-refractivity contribution is 5.48. The number of rotatable bonds is 3. The number of nitrogens with zero attached hydrogens (tertiary/aromatic N) is 1. The van der Waals surface area contributed by atoms with Crippen molar-refractivity contribution in [3.8, 4) is 0 Å². The lowest BCUT2D eigenvalue weighted by atomic mass is 9.96. The summed E-state index contributed by atoms with van der Waals surface area (Å²) in [7, 11) is 0. The predicted octanol–water partition coefficient (Wildman–Crippen LogP) is 3.91. The Morgan fingerprint density at radius 1 is 1.30 bits per heavy atom. The minimum atomic E-state index is -4.11. The molecule has 1 saturated heterocycles. The summed E-state index contributed by atoms with van der Waals surface area (Å²) in [6.45, 7) is 2.57. The second-order valence-corrected chi connectivity index (χ2v) is 5.34. The number of alkyl halides is 3. The number of hydrogen-bond donors (Lipinski definition) is 1. The molecule has 1 N–H and O–H groups in total. The Morgan fingerprint density at radius 2 is 1.95 bits per heavy atom. The molecule has 5 heteroatoms. The maximum Gasteiger partial charge on any atom is 0.393 e. The zero-order chi connectivity index (χ0) is 14.8. The van der Waals surface area contributed by atoms with Gasteiger partial charge in [-0.3, -0.25) is 0 Å². The van der Waals surface area contributed by atoms with Gasteiger partial charge in [0.05, 0.1) is 12.0 Å². The molecule has 0 bridgehead atoms. The van der Waals surface area contributed by atoms with Crippen LogP contribution in [0, 0.1) is 5.92 Å². The van der Waals surface area contributed by atoms with Crippen molar-refractivity contribution in [2.24, 2.45) is 5.92 Å². The molecule has 112 valence electrons. The molecule has 1 aromatic carbocycles. The van der Waals surface area contributed by atoms with E-state index in [-0.39, 0.29) is 13.0 Å². The summed E-state index contributed by atoms with van der Waals surface area (Å²) in [6, 6.07) is 7.18. The first-order valence-corrected chi connectivity index (χ1v) is 7.01. The summed E-state index contributed by atoms with van der Waals surface area (Å²) >= 11 is 0. The summed E-state index contributed by atoms with van der Waals surface area (Å²) in [5.74, 6) is -1.24. The van der Waals surface area contributed by atoms with Gasteiger partial charge >= 0.3 is 6.18 Å². The van der Waals surface area contributed by atoms with Gasteiger partial charge in [-0.05, 0) is 37.0 Å². The summed E-state index contributed by atoms with van der Waals surface area (Å²) in [5.41, 5.74) is 1.60. The van der Waals surface area contributed by atoms with Gasteiger partial charge in [-0.25, -0.2) is 0 Å². The molecular weight excluding hydrogens is 267 g/mol. The van der Waals surface area contributed by atoms with E-state index in [1.807, 2.05) is 6.92 Å². The van der Waals surface area contributed by atoms with E-state index in [0.717, 1.165) is 11.3 Å². The van der Waals surface area contributed by atoms with Crippen molar-refractivity contribution in [1.29, 1.82) is 0 Å². The molecular formula is C15H20F3NO. The average molecular weight is 287 g/mol. The largest absolute Gasteiger partial charge is 0.393 e. The smallest absolute Gasteiger partial charge is 0.388 e. The second kappa shape index (κ2) is 6.04. The SMILES string of the molecule is CCC(O)c1ccc(N2CCCC(C(F)(F)F)C2)cc1. The highest BCUT2D eigenvalue weighted by atomic mass is 19.4. The van der Waals surface area contributed by atoms with Gasteiger partial charge in [-0.2, -0.15) is 13.2 Å². The first-order valence-electron chi connectivity index (χ1n) is 7.01. The summed E-state index contributed by atoms with van der Waals surface area (Å²) < 4.78 is 38.4. The van der Waals surface area contributed by atoms with Crippen molar-refractivity contribution in [2.75, 3.05) is 18.0 Å². The van der Waals surface area contributed by atoms with Crippen LogP contribution in [0.3, 0.4) is 0 Å². The Labute approximate surface area is 117 Å². The molecule has 20 heavy (non-hydrogen) atoms. The maximum atomic E-state index is 12.8. The summed E-state index contributed by atoms with van der Waals surface area (Å²) in [4.78, 5) is 1.78. The van der Waals surface area contributed by atoms with Crippen LogP contribution in [0.4, 0.5) is 18.9 Å². The van der Waals surface area contributed by atoms with Crippen LogP contribution in [0.25, 0.3) is 0 Å². The second-order valence-electron chi connectivity index (χ2n) is 5.34. The van der Waals surface area contributed by atoms with Crippen LogP contribution in [-0.2, 0) is 0 Å². The summed E-state index contributed by atoms with van der Waals surface area (Å²) in [5, 5.41) is 9.72. The average Bonchev–Trinajstić information content (AvgIpc) is 2.46. The van der Waals surface area contributed by atoms with Crippen LogP contribution >= 0.6 is 0 Å². The number of piperidine rings is 1. The minimum absolute atomic E-state index is 0.0270. The molecule has 0 saturated carbocycles. The summed E-state index contributed by atoms with van der Waals surface area (Å²) in [6.07, 6.45) is -3.22. The van der Waals surface area contributed by atoms with Gasteiger partial charge in [-0.1, -0.05) is 19.1 Å². The number of aliphatic hydroxyl groups is 1. The maximum absolute atomic E-state index is 12.8. The van der Waals surface area contributed by atoms with Crippen LogP contribution in [-0.4, -0.2) is 24.4 Å². The fourth-order valence-electron chi connectivity index (χ4n) is 2.62. The van der Waals surface area contributed by atoms with Crippen molar-refractivity contribution in [3.05, 3.63) is 29.8 Å². The van der Waals surface area contributed by atoms with Crippen molar-refractivity contribution >= 4 is 5.69 Å². The molecule has 0 amide bonds. The Balaban J connectivity index is 2.07. The Kier molecular flexibility index (Phi) is 4.58. The van der Waals surface area contributed by atoms with E-state index in [0.29, 0.717) is 19.4 Å². The van der Waals surface area contributed by atoms with Gasteiger partial charge in [-0.15, -0.1) is 0 Å². The lowest BCUT2D eigenvalue weighted by Crippen LogP contribution is -2.41. The molecule has 2 rings (SSSR count). The van der Waals surface area contributed by atoms with Crippen LogP contribution in [0.2, 0.25) is 0 Å².